The minimum atomic E-state index is -0.166. The number of hydrogen-bond donors (Lipinski definition) is 0. The molecule has 0 saturated heterocycles. The highest BCUT2D eigenvalue weighted by atomic mass is 35.5. The highest BCUT2D eigenvalue weighted by Gasteiger charge is 2.18. The fourth-order valence-corrected chi connectivity index (χ4v) is 3.61. The van der Waals surface area contributed by atoms with Crippen LogP contribution in [0.4, 0.5) is 0 Å². The lowest BCUT2D eigenvalue weighted by Crippen LogP contribution is -2.31. The lowest BCUT2D eigenvalue weighted by atomic mass is 10.1. The summed E-state index contributed by atoms with van der Waals surface area (Å²) in [4.78, 5) is 34.7. The molecule has 0 unspecified atom stereocenters. The average Bonchev–Trinajstić information content (AvgIpc) is 2.71. The fraction of sp³-hybridized carbons (Fsp3) is 0.261. The fourth-order valence-electron chi connectivity index (χ4n) is 3.61. The first kappa shape index (κ1) is 21.7. The molecule has 0 aliphatic carbocycles. The summed E-state index contributed by atoms with van der Waals surface area (Å²) < 4.78 is 1.47. The number of pyridine rings is 1. The molecule has 156 valence electrons. The Labute approximate surface area is 181 Å². The lowest BCUT2D eigenvalue weighted by Gasteiger charge is -2.19. The van der Waals surface area contributed by atoms with Gasteiger partial charge in [-0.15, -0.1) is 12.4 Å². The Morgan fingerprint density at radius 3 is 2.40 bits per heavy atom. The number of rotatable bonds is 5. The van der Waals surface area contributed by atoms with E-state index in [2.05, 4.69) is 4.90 Å². The molecule has 0 spiro atoms. The van der Waals surface area contributed by atoms with E-state index in [1.165, 1.54) is 4.40 Å². The number of carbonyl (C=O) groups excluding carboxylic acids is 1. The number of fused-ring (bicyclic) bond motifs is 3. The van der Waals surface area contributed by atoms with Gasteiger partial charge in [0.2, 0.25) is 0 Å². The van der Waals surface area contributed by atoms with E-state index in [1.807, 2.05) is 50.5 Å². The molecule has 0 fully saturated rings. The first-order valence-electron chi connectivity index (χ1n) is 9.70. The predicted molar refractivity (Wildman–Crippen MR) is 124 cm³/mol. The summed E-state index contributed by atoms with van der Waals surface area (Å²) >= 11 is 0. The van der Waals surface area contributed by atoms with Crippen molar-refractivity contribution in [1.29, 1.82) is 0 Å². The van der Waals surface area contributed by atoms with E-state index in [9.17, 15) is 9.59 Å². The first-order chi connectivity index (χ1) is 14.0. The molecular formula is C23H25ClN4O2. The van der Waals surface area contributed by atoms with Crippen LogP contribution in [0.25, 0.3) is 27.3 Å². The zero-order valence-electron chi connectivity index (χ0n) is 17.3. The maximum atomic E-state index is 13.1. The van der Waals surface area contributed by atoms with Gasteiger partial charge in [0.15, 0.2) is 5.65 Å². The SMILES string of the molecule is CN(C)CCCN(C)C(=O)c1cccn2c(=O)c3cc4ccccc4cc3nc12.Cl. The number of carbonyl (C=O) groups is 1. The summed E-state index contributed by atoms with van der Waals surface area (Å²) in [5.74, 6) is -0.131. The average molecular weight is 425 g/mol. The minimum Gasteiger partial charge on any atom is -0.342 e. The Morgan fingerprint density at radius 1 is 1.00 bits per heavy atom. The number of nitrogens with zero attached hydrogens (tertiary/aromatic N) is 4. The molecule has 4 aromatic rings. The maximum Gasteiger partial charge on any atom is 0.265 e. The van der Waals surface area contributed by atoms with E-state index < -0.39 is 0 Å². The molecule has 0 N–H and O–H groups in total. The van der Waals surface area contributed by atoms with E-state index >= 15 is 0 Å². The van der Waals surface area contributed by atoms with Crippen LogP contribution in [-0.4, -0.2) is 59.3 Å². The van der Waals surface area contributed by atoms with Crippen molar-refractivity contribution in [2.24, 2.45) is 0 Å². The van der Waals surface area contributed by atoms with Crippen molar-refractivity contribution in [3.05, 3.63) is 70.6 Å². The zero-order valence-corrected chi connectivity index (χ0v) is 18.1. The Balaban J connectivity index is 0.00000256. The molecule has 30 heavy (non-hydrogen) atoms. The number of halogens is 1. The molecule has 7 heteroatoms. The molecule has 0 saturated carbocycles. The van der Waals surface area contributed by atoms with E-state index in [4.69, 9.17) is 4.98 Å². The van der Waals surface area contributed by atoms with Gasteiger partial charge < -0.3 is 9.80 Å². The van der Waals surface area contributed by atoms with Gasteiger partial charge in [-0.25, -0.2) is 4.98 Å². The van der Waals surface area contributed by atoms with Gasteiger partial charge in [0.05, 0.1) is 16.5 Å². The lowest BCUT2D eigenvalue weighted by molar-refractivity contribution is 0.0792. The second-order valence-electron chi connectivity index (χ2n) is 7.63. The summed E-state index contributed by atoms with van der Waals surface area (Å²) in [6.45, 7) is 1.54. The van der Waals surface area contributed by atoms with Crippen molar-refractivity contribution in [3.8, 4) is 0 Å². The third-order valence-corrected chi connectivity index (χ3v) is 5.18. The summed E-state index contributed by atoms with van der Waals surface area (Å²) in [6.07, 6.45) is 2.55. The van der Waals surface area contributed by atoms with Crippen LogP contribution in [0.3, 0.4) is 0 Å². The third-order valence-electron chi connectivity index (χ3n) is 5.18. The van der Waals surface area contributed by atoms with Gasteiger partial charge in [-0.1, -0.05) is 24.3 Å². The van der Waals surface area contributed by atoms with Gasteiger partial charge in [0.1, 0.15) is 0 Å². The number of benzene rings is 2. The molecule has 2 aromatic carbocycles. The van der Waals surface area contributed by atoms with Gasteiger partial charge in [-0.3, -0.25) is 14.0 Å². The first-order valence-corrected chi connectivity index (χ1v) is 9.70. The topological polar surface area (TPSA) is 57.9 Å². The van der Waals surface area contributed by atoms with Crippen LogP contribution in [0.15, 0.2) is 59.5 Å². The van der Waals surface area contributed by atoms with Crippen LogP contribution in [-0.2, 0) is 0 Å². The molecule has 0 bridgehead atoms. The van der Waals surface area contributed by atoms with E-state index in [0.29, 0.717) is 28.7 Å². The van der Waals surface area contributed by atoms with Gasteiger partial charge in [-0.05, 0) is 62.1 Å². The van der Waals surface area contributed by atoms with E-state index in [1.54, 1.807) is 30.3 Å². The van der Waals surface area contributed by atoms with Crippen LogP contribution in [0, 0.1) is 0 Å². The second-order valence-corrected chi connectivity index (χ2v) is 7.63. The van der Waals surface area contributed by atoms with E-state index in [-0.39, 0.29) is 23.9 Å². The molecule has 0 aliphatic rings. The molecule has 1 amide bonds. The molecule has 0 atom stereocenters. The summed E-state index contributed by atoms with van der Waals surface area (Å²) in [5.41, 5.74) is 1.27. The Kier molecular flexibility index (Phi) is 6.39. The number of hydrogen-bond acceptors (Lipinski definition) is 4. The summed E-state index contributed by atoms with van der Waals surface area (Å²) in [7, 11) is 5.81. The Hall–Kier alpha value is -2.96. The monoisotopic (exact) mass is 424 g/mol. The van der Waals surface area contributed by atoms with Crippen molar-refractivity contribution < 1.29 is 4.79 Å². The maximum absolute atomic E-state index is 13.1. The van der Waals surface area contributed by atoms with Crippen molar-refractivity contribution in [3.63, 3.8) is 0 Å². The van der Waals surface area contributed by atoms with Crippen molar-refractivity contribution in [1.82, 2.24) is 19.2 Å². The standard InChI is InChI=1S/C23H24N4O2.ClH/c1-25(2)11-7-12-26(3)22(28)18-10-6-13-27-21(18)24-20-15-17-9-5-4-8-16(17)14-19(20)23(27)29;/h4-6,8-10,13-15H,7,11-12H2,1-3H3;1H. The molecule has 2 heterocycles. The van der Waals surface area contributed by atoms with Crippen molar-refractivity contribution in [2.75, 3.05) is 34.2 Å². The van der Waals surface area contributed by atoms with Crippen LogP contribution >= 0.6 is 12.4 Å². The third kappa shape index (κ3) is 4.01. The second kappa shape index (κ2) is 8.81. The van der Waals surface area contributed by atoms with Crippen molar-refractivity contribution in [2.45, 2.75) is 6.42 Å². The smallest absolute Gasteiger partial charge is 0.265 e. The molecule has 0 radical (unpaired) electrons. The zero-order chi connectivity index (χ0) is 20.5. The number of aromatic nitrogens is 2. The molecule has 4 rings (SSSR count). The van der Waals surface area contributed by atoms with Crippen molar-refractivity contribution >= 4 is 45.6 Å². The Morgan fingerprint density at radius 2 is 1.70 bits per heavy atom. The van der Waals surface area contributed by atoms with Gasteiger partial charge in [-0.2, -0.15) is 0 Å². The largest absolute Gasteiger partial charge is 0.342 e. The quantitative estimate of drug-likeness (QED) is 0.460. The van der Waals surface area contributed by atoms with Gasteiger partial charge >= 0.3 is 0 Å². The normalized spacial score (nSPS) is 11.2. The summed E-state index contributed by atoms with van der Waals surface area (Å²) in [6, 6.07) is 15.1. The number of amides is 1. The van der Waals surface area contributed by atoms with Crippen LogP contribution in [0.2, 0.25) is 0 Å². The van der Waals surface area contributed by atoms with Crippen LogP contribution < -0.4 is 5.56 Å². The van der Waals surface area contributed by atoms with Gasteiger partial charge in [0.25, 0.3) is 11.5 Å². The molecule has 6 nitrogen and oxygen atoms in total. The minimum absolute atomic E-state index is 0. The van der Waals surface area contributed by atoms with E-state index in [0.717, 1.165) is 23.7 Å². The highest BCUT2D eigenvalue weighted by molar-refractivity contribution is 6.01. The molecule has 0 aliphatic heterocycles. The predicted octanol–water partition coefficient (Wildman–Crippen LogP) is 3.45. The molecular weight excluding hydrogens is 400 g/mol. The van der Waals surface area contributed by atoms with Crippen LogP contribution in [0.1, 0.15) is 16.8 Å². The summed E-state index contributed by atoms with van der Waals surface area (Å²) in [5, 5.41) is 2.55. The Bertz CT molecular complexity index is 1280. The highest BCUT2D eigenvalue weighted by Crippen LogP contribution is 2.21. The molecule has 2 aromatic heterocycles. The van der Waals surface area contributed by atoms with Crippen LogP contribution in [0.5, 0.6) is 0 Å². The van der Waals surface area contributed by atoms with Gasteiger partial charge in [0, 0.05) is 19.8 Å².